The van der Waals surface area contributed by atoms with E-state index in [2.05, 4.69) is 5.10 Å². The Kier molecular flexibility index (Phi) is 2.95. The summed E-state index contributed by atoms with van der Waals surface area (Å²) < 4.78 is 24.2. The Balaban J connectivity index is 2.61. The molecule has 0 spiro atoms. The first kappa shape index (κ1) is 10.1. The minimum atomic E-state index is -2.61. The molecule has 1 rings (SSSR count). The van der Waals surface area contributed by atoms with E-state index < -0.39 is 6.43 Å². The van der Waals surface area contributed by atoms with Crippen molar-refractivity contribution in [3.8, 4) is 0 Å². The van der Waals surface area contributed by atoms with E-state index >= 15 is 0 Å². The monoisotopic (exact) mass is 190 g/mol. The number of rotatable bonds is 3. The minimum absolute atomic E-state index is 0.232. The summed E-state index contributed by atoms with van der Waals surface area (Å²) in [6, 6.07) is 0. The van der Waals surface area contributed by atoms with Gasteiger partial charge in [-0.1, -0.05) is 13.8 Å². The fraction of sp³-hybridized carbons (Fsp3) is 0.750. The third-order valence-electron chi connectivity index (χ3n) is 1.66. The Hall–Kier alpha value is -1.00. The molecule has 0 bridgehead atoms. The van der Waals surface area contributed by atoms with Crippen molar-refractivity contribution in [1.29, 1.82) is 0 Å². The Labute approximate surface area is 75.4 Å². The molecule has 0 saturated heterocycles. The maximum absolute atomic E-state index is 12.1. The number of halogens is 2. The van der Waals surface area contributed by atoms with Crippen LogP contribution in [0, 0.1) is 5.92 Å². The van der Waals surface area contributed by atoms with Crippen LogP contribution < -0.4 is 0 Å². The van der Waals surface area contributed by atoms with Crippen molar-refractivity contribution in [2.75, 3.05) is 6.54 Å². The molecule has 0 fully saturated rings. The van der Waals surface area contributed by atoms with E-state index in [1.165, 1.54) is 0 Å². The SMILES string of the molecule is CC(C)CN1N=C(C(F)F)CC1=O. The number of hydrogen-bond donors (Lipinski definition) is 0. The highest BCUT2D eigenvalue weighted by atomic mass is 19.3. The molecule has 0 N–H and O–H groups in total. The summed E-state index contributed by atoms with van der Waals surface area (Å²) in [5.74, 6) is -0.0891. The zero-order valence-electron chi connectivity index (χ0n) is 7.63. The van der Waals surface area contributed by atoms with Crippen LogP contribution in [-0.4, -0.2) is 29.6 Å². The average Bonchev–Trinajstić information content (AvgIpc) is 2.31. The van der Waals surface area contributed by atoms with Crippen molar-refractivity contribution in [3.05, 3.63) is 0 Å². The number of amides is 1. The minimum Gasteiger partial charge on any atom is -0.273 e. The van der Waals surface area contributed by atoms with Crippen LogP contribution in [0.2, 0.25) is 0 Å². The Morgan fingerprint density at radius 2 is 2.15 bits per heavy atom. The lowest BCUT2D eigenvalue weighted by Crippen LogP contribution is -2.24. The van der Waals surface area contributed by atoms with E-state index in [4.69, 9.17) is 0 Å². The number of alkyl halides is 2. The highest BCUT2D eigenvalue weighted by Crippen LogP contribution is 2.14. The van der Waals surface area contributed by atoms with Gasteiger partial charge in [-0.3, -0.25) is 4.79 Å². The van der Waals surface area contributed by atoms with Crippen molar-refractivity contribution in [2.24, 2.45) is 11.0 Å². The first-order valence-electron chi connectivity index (χ1n) is 4.16. The quantitative estimate of drug-likeness (QED) is 0.663. The van der Waals surface area contributed by atoms with Crippen LogP contribution in [0.15, 0.2) is 5.10 Å². The predicted molar refractivity (Wildman–Crippen MR) is 44.6 cm³/mol. The molecule has 1 aliphatic rings. The van der Waals surface area contributed by atoms with Gasteiger partial charge < -0.3 is 0 Å². The van der Waals surface area contributed by atoms with E-state index in [-0.39, 0.29) is 24.0 Å². The molecular formula is C8H12F2N2O. The van der Waals surface area contributed by atoms with Crippen LogP contribution in [-0.2, 0) is 4.79 Å². The van der Waals surface area contributed by atoms with Gasteiger partial charge in [0, 0.05) is 6.54 Å². The average molecular weight is 190 g/mol. The Bertz CT molecular complexity index is 238. The molecule has 3 nitrogen and oxygen atoms in total. The van der Waals surface area contributed by atoms with Crippen molar-refractivity contribution >= 4 is 11.6 Å². The molecule has 0 radical (unpaired) electrons. The Morgan fingerprint density at radius 3 is 2.54 bits per heavy atom. The summed E-state index contributed by atoms with van der Waals surface area (Å²) in [5.41, 5.74) is -0.314. The van der Waals surface area contributed by atoms with Gasteiger partial charge in [0.2, 0.25) is 5.91 Å². The molecule has 0 aromatic rings. The number of hydrogen-bond acceptors (Lipinski definition) is 2. The maximum Gasteiger partial charge on any atom is 0.278 e. The fourth-order valence-corrected chi connectivity index (χ4v) is 1.10. The lowest BCUT2D eigenvalue weighted by Gasteiger charge is -2.13. The molecule has 13 heavy (non-hydrogen) atoms. The van der Waals surface area contributed by atoms with E-state index in [1.54, 1.807) is 0 Å². The number of carbonyl (C=O) groups excluding carboxylic acids is 1. The summed E-state index contributed by atoms with van der Waals surface area (Å²) in [6.45, 7) is 4.22. The standard InChI is InChI=1S/C8H12F2N2O/c1-5(2)4-12-7(13)3-6(11-12)8(9)10/h5,8H,3-4H2,1-2H3. The first-order chi connectivity index (χ1) is 6.00. The van der Waals surface area contributed by atoms with Crippen molar-refractivity contribution in [2.45, 2.75) is 26.7 Å². The van der Waals surface area contributed by atoms with Crippen LogP contribution in [0.25, 0.3) is 0 Å². The molecule has 0 atom stereocenters. The van der Waals surface area contributed by atoms with Gasteiger partial charge in [0.05, 0.1) is 6.42 Å². The largest absolute Gasteiger partial charge is 0.278 e. The highest BCUT2D eigenvalue weighted by molar-refractivity contribution is 6.06. The van der Waals surface area contributed by atoms with Gasteiger partial charge in [0.15, 0.2) is 0 Å². The van der Waals surface area contributed by atoms with Gasteiger partial charge in [0.1, 0.15) is 5.71 Å². The predicted octanol–water partition coefficient (Wildman–Crippen LogP) is 1.50. The molecule has 1 amide bonds. The number of hydrazone groups is 1. The van der Waals surface area contributed by atoms with E-state index in [9.17, 15) is 13.6 Å². The summed E-state index contributed by atoms with van der Waals surface area (Å²) in [4.78, 5) is 11.1. The van der Waals surface area contributed by atoms with Crippen molar-refractivity contribution in [1.82, 2.24) is 5.01 Å². The maximum atomic E-state index is 12.1. The molecule has 0 aliphatic carbocycles. The molecule has 0 aromatic heterocycles. The van der Waals surface area contributed by atoms with Crippen molar-refractivity contribution in [3.63, 3.8) is 0 Å². The summed E-state index contributed by atoms with van der Waals surface area (Å²) in [7, 11) is 0. The van der Waals surface area contributed by atoms with E-state index in [0.717, 1.165) is 5.01 Å². The topological polar surface area (TPSA) is 32.7 Å². The summed E-state index contributed by atoms with van der Waals surface area (Å²) in [6.07, 6.45) is -2.84. The zero-order valence-corrected chi connectivity index (χ0v) is 7.63. The van der Waals surface area contributed by atoms with Crippen LogP contribution >= 0.6 is 0 Å². The Morgan fingerprint density at radius 1 is 1.54 bits per heavy atom. The van der Waals surface area contributed by atoms with Crippen molar-refractivity contribution < 1.29 is 13.6 Å². The first-order valence-corrected chi connectivity index (χ1v) is 4.16. The molecule has 5 heteroatoms. The molecule has 1 aliphatic heterocycles. The molecule has 1 heterocycles. The van der Waals surface area contributed by atoms with E-state index in [1.807, 2.05) is 13.8 Å². The zero-order chi connectivity index (χ0) is 10.0. The van der Waals surface area contributed by atoms with Crippen LogP contribution in [0.5, 0.6) is 0 Å². The van der Waals surface area contributed by atoms with Gasteiger partial charge in [0.25, 0.3) is 6.43 Å². The lowest BCUT2D eigenvalue weighted by atomic mass is 10.2. The number of carbonyl (C=O) groups is 1. The molecule has 74 valence electrons. The smallest absolute Gasteiger partial charge is 0.273 e. The van der Waals surface area contributed by atoms with Gasteiger partial charge in [-0.2, -0.15) is 5.10 Å². The summed E-state index contributed by atoms with van der Waals surface area (Å²) in [5, 5.41) is 4.69. The number of nitrogens with zero attached hydrogens (tertiary/aromatic N) is 2. The van der Waals surface area contributed by atoms with Crippen LogP contribution in [0.3, 0.4) is 0 Å². The van der Waals surface area contributed by atoms with Gasteiger partial charge in [-0.25, -0.2) is 13.8 Å². The molecular weight excluding hydrogens is 178 g/mol. The second-order valence-corrected chi connectivity index (χ2v) is 3.44. The second-order valence-electron chi connectivity index (χ2n) is 3.44. The highest BCUT2D eigenvalue weighted by Gasteiger charge is 2.29. The molecule has 0 saturated carbocycles. The normalized spacial score (nSPS) is 17.5. The third kappa shape index (κ3) is 2.47. The second kappa shape index (κ2) is 3.81. The van der Waals surface area contributed by atoms with E-state index in [0.29, 0.717) is 6.54 Å². The van der Waals surface area contributed by atoms with Gasteiger partial charge in [-0.05, 0) is 5.92 Å². The van der Waals surface area contributed by atoms with Crippen LogP contribution in [0.4, 0.5) is 8.78 Å². The van der Waals surface area contributed by atoms with Gasteiger partial charge in [-0.15, -0.1) is 0 Å². The summed E-state index contributed by atoms with van der Waals surface area (Å²) >= 11 is 0. The molecule has 0 aromatic carbocycles. The molecule has 0 unspecified atom stereocenters. The fourth-order valence-electron chi connectivity index (χ4n) is 1.10. The van der Waals surface area contributed by atoms with Crippen LogP contribution in [0.1, 0.15) is 20.3 Å². The third-order valence-corrected chi connectivity index (χ3v) is 1.66. The lowest BCUT2D eigenvalue weighted by molar-refractivity contribution is -0.129. The van der Waals surface area contributed by atoms with Gasteiger partial charge >= 0.3 is 0 Å².